The number of amides is 1. The molecule has 0 bridgehead atoms. The number of pyridine rings is 1. The zero-order chi connectivity index (χ0) is 20.8. The predicted octanol–water partition coefficient (Wildman–Crippen LogP) is 4.93. The van der Waals surface area contributed by atoms with E-state index in [1.165, 1.54) is 6.20 Å². The molecule has 1 aromatic carbocycles. The molecule has 0 aliphatic rings. The van der Waals surface area contributed by atoms with Gasteiger partial charge in [-0.15, -0.1) is 0 Å². The second-order valence-corrected chi connectivity index (χ2v) is 6.50. The largest absolute Gasteiger partial charge is 0.496 e. The van der Waals surface area contributed by atoms with Crippen molar-refractivity contribution in [1.82, 2.24) is 15.0 Å². The zero-order valence-corrected chi connectivity index (χ0v) is 16.8. The Hall–Kier alpha value is -3.51. The van der Waals surface area contributed by atoms with Gasteiger partial charge in [0.2, 0.25) is 0 Å². The number of nitrogens with zero attached hydrogens (tertiary/aromatic N) is 3. The minimum absolute atomic E-state index is 0.272. The van der Waals surface area contributed by atoms with Crippen LogP contribution in [0, 0.1) is 6.92 Å². The maximum atomic E-state index is 12.4. The standard InChI is InChI=1S/C22H19ClN4O2/c1-4-5-20(29-3)15-6-7-18(23)17(10-15)19-12-26-21(13-25-19)27-22(28)16-8-9-24-11-14(16)2/h4-13H,1H2,2-3H3,(H,26,27,28)/b20-5-. The molecule has 6 nitrogen and oxygen atoms in total. The lowest BCUT2D eigenvalue weighted by atomic mass is 10.1. The Bertz CT molecular complexity index is 1080. The molecule has 0 unspecified atom stereocenters. The highest BCUT2D eigenvalue weighted by Crippen LogP contribution is 2.30. The van der Waals surface area contributed by atoms with E-state index in [0.717, 1.165) is 11.1 Å². The van der Waals surface area contributed by atoms with E-state index in [0.29, 0.717) is 33.4 Å². The van der Waals surface area contributed by atoms with Crippen molar-refractivity contribution in [3.8, 4) is 11.3 Å². The Morgan fingerprint density at radius 1 is 1.21 bits per heavy atom. The average molecular weight is 407 g/mol. The average Bonchev–Trinajstić information content (AvgIpc) is 2.73. The molecule has 146 valence electrons. The van der Waals surface area contributed by atoms with Crippen LogP contribution >= 0.6 is 11.6 Å². The highest BCUT2D eigenvalue weighted by Gasteiger charge is 2.12. The van der Waals surface area contributed by atoms with Crippen LogP contribution in [0.2, 0.25) is 5.02 Å². The van der Waals surface area contributed by atoms with Gasteiger partial charge in [-0.1, -0.05) is 24.3 Å². The monoisotopic (exact) mass is 406 g/mol. The molecule has 0 fully saturated rings. The van der Waals surface area contributed by atoms with Crippen LogP contribution in [0.15, 0.2) is 67.8 Å². The number of anilines is 1. The second kappa shape index (κ2) is 9.12. The Kier molecular flexibility index (Phi) is 6.36. The fourth-order valence-electron chi connectivity index (χ4n) is 2.71. The lowest BCUT2D eigenvalue weighted by Gasteiger charge is -2.10. The lowest BCUT2D eigenvalue weighted by molar-refractivity contribution is 0.102. The van der Waals surface area contributed by atoms with Gasteiger partial charge in [0.15, 0.2) is 5.82 Å². The van der Waals surface area contributed by atoms with E-state index in [2.05, 4.69) is 26.8 Å². The molecule has 2 aromatic heterocycles. The van der Waals surface area contributed by atoms with Crippen LogP contribution in [0.5, 0.6) is 0 Å². The summed E-state index contributed by atoms with van der Waals surface area (Å²) in [5.41, 5.74) is 3.41. The molecule has 0 radical (unpaired) electrons. The number of aryl methyl sites for hydroxylation is 1. The molecule has 3 aromatic rings. The van der Waals surface area contributed by atoms with Gasteiger partial charge in [0.1, 0.15) is 5.76 Å². The number of allylic oxidation sites excluding steroid dienone is 2. The van der Waals surface area contributed by atoms with Gasteiger partial charge in [-0.25, -0.2) is 4.98 Å². The van der Waals surface area contributed by atoms with Crippen molar-refractivity contribution in [3.05, 3.63) is 89.5 Å². The number of carbonyl (C=O) groups excluding carboxylic acids is 1. The molecule has 0 saturated carbocycles. The van der Waals surface area contributed by atoms with Gasteiger partial charge in [-0.2, -0.15) is 0 Å². The highest BCUT2D eigenvalue weighted by atomic mass is 35.5. The minimum atomic E-state index is -0.272. The molecule has 0 atom stereocenters. The number of benzene rings is 1. The maximum absolute atomic E-state index is 12.4. The van der Waals surface area contributed by atoms with Crippen LogP contribution in [0.3, 0.4) is 0 Å². The van der Waals surface area contributed by atoms with E-state index in [-0.39, 0.29) is 5.91 Å². The Balaban J connectivity index is 1.85. The summed E-state index contributed by atoms with van der Waals surface area (Å²) in [5, 5.41) is 3.26. The first kappa shape index (κ1) is 20.2. The molecule has 2 heterocycles. The zero-order valence-electron chi connectivity index (χ0n) is 16.0. The third-order valence-electron chi connectivity index (χ3n) is 4.17. The highest BCUT2D eigenvalue weighted by molar-refractivity contribution is 6.33. The summed E-state index contributed by atoms with van der Waals surface area (Å²) in [6, 6.07) is 7.14. The first-order chi connectivity index (χ1) is 14.0. The molecular formula is C22H19ClN4O2. The molecular weight excluding hydrogens is 388 g/mol. The third kappa shape index (κ3) is 4.67. The molecule has 0 saturated heterocycles. The van der Waals surface area contributed by atoms with Gasteiger partial charge in [0.25, 0.3) is 5.91 Å². The number of hydrogen-bond donors (Lipinski definition) is 1. The molecule has 1 N–H and O–H groups in total. The fraction of sp³-hybridized carbons (Fsp3) is 0.0909. The summed E-state index contributed by atoms with van der Waals surface area (Å²) in [6.45, 7) is 5.51. The van der Waals surface area contributed by atoms with Crippen molar-refractivity contribution < 1.29 is 9.53 Å². The molecule has 1 amide bonds. The SMILES string of the molecule is C=C/C=C(\OC)c1ccc(Cl)c(-c2cnc(NC(=O)c3ccncc3C)cn2)c1. The Morgan fingerprint density at radius 3 is 2.69 bits per heavy atom. The minimum Gasteiger partial charge on any atom is -0.496 e. The van der Waals surface area contributed by atoms with E-state index in [9.17, 15) is 4.79 Å². The normalized spacial score (nSPS) is 11.1. The van der Waals surface area contributed by atoms with Crippen LogP contribution in [0.25, 0.3) is 17.0 Å². The number of carbonyl (C=O) groups is 1. The van der Waals surface area contributed by atoms with Gasteiger partial charge < -0.3 is 10.1 Å². The first-order valence-electron chi connectivity index (χ1n) is 8.74. The maximum Gasteiger partial charge on any atom is 0.257 e. The number of ether oxygens (including phenoxy) is 1. The Labute approximate surface area is 174 Å². The van der Waals surface area contributed by atoms with E-state index in [1.54, 1.807) is 50.0 Å². The van der Waals surface area contributed by atoms with Crippen molar-refractivity contribution >= 4 is 29.1 Å². The number of aromatic nitrogens is 3. The van der Waals surface area contributed by atoms with Crippen molar-refractivity contribution in [2.24, 2.45) is 0 Å². The first-order valence-corrected chi connectivity index (χ1v) is 9.12. The van der Waals surface area contributed by atoms with Gasteiger partial charge in [-0.05, 0) is 42.8 Å². The van der Waals surface area contributed by atoms with E-state index in [1.807, 2.05) is 19.1 Å². The van der Waals surface area contributed by atoms with Crippen LogP contribution < -0.4 is 5.32 Å². The van der Waals surface area contributed by atoms with Crippen LogP contribution in [-0.4, -0.2) is 28.0 Å². The predicted molar refractivity (Wildman–Crippen MR) is 115 cm³/mol. The summed E-state index contributed by atoms with van der Waals surface area (Å²) < 4.78 is 5.38. The summed E-state index contributed by atoms with van der Waals surface area (Å²) in [6.07, 6.45) is 9.66. The summed E-state index contributed by atoms with van der Waals surface area (Å²) in [5.74, 6) is 0.722. The van der Waals surface area contributed by atoms with E-state index < -0.39 is 0 Å². The number of methoxy groups -OCH3 is 1. The molecule has 7 heteroatoms. The van der Waals surface area contributed by atoms with Crippen molar-refractivity contribution in [2.75, 3.05) is 12.4 Å². The quantitative estimate of drug-likeness (QED) is 0.464. The topological polar surface area (TPSA) is 77.0 Å². The summed E-state index contributed by atoms with van der Waals surface area (Å²) >= 11 is 6.35. The number of rotatable bonds is 6. The van der Waals surface area contributed by atoms with Gasteiger partial charge in [-0.3, -0.25) is 14.8 Å². The molecule has 0 aliphatic heterocycles. The summed E-state index contributed by atoms with van der Waals surface area (Å²) in [7, 11) is 1.59. The van der Waals surface area contributed by atoms with Gasteiger partial charge in [0.05, 0.1) is 30.2 Å². The van der Waals surface area contributed by atoms with E-state index in [4.69, 9.17) is 16.3 Å². The van der Waals surface area contributed by atoms with Crippen LogP contribution in [-0.2, 0) is 4.74 Å². The molecule has 0 aliphatic carbocycles. The fourth-order valence-corrected chi connectivity index (χ4v) is 2.92. The molecule has 0 spiro atoms. The number of halogens is 1. The smallest absolute Gasteiger partial charge is 0.257 e. The van der Waals surface area contributed by atoms with E-state index >= 15 is 0 Å². The van der Waals surface area contributed by atoms with Crippen LogP contribution in [0.4, 0.5) is 5.82 Å². The molecule has 29 heavy (non-hydrogen) atoms. The molecule has 3 rings (SSSR count). The lowest BCUT2D eigenvalue weighted by Crippen LogP contribution is -2.14. The van der Waals surface area contributed by atoms with Crippen LogP contribution in [0.1, 0.15) is 21.5 Å². The number of nitrogens with one attached hydrogen (secondary N) is 1. The van der Waals surface area contributed by atoms with Crippen molar-refractivity contribution in [2.45, 2.75) is 6.92 Å². The van der Waals surface area contributed by atoms with Gasteiger partial charge >= 0.3 is 0 Å². The third-order valence-corrected chi connectivity index (χ3v) is 4.50. The Morgan fingerprint density at radius 2 is 2.03 bits per heavy atom. The summed E-state index contributed by atoms with van der Waals surface area (Å²) in [4.78, 5) is 25.1. The van der Waals surface area contributed by atoms with Gasteiger partial charge in [0, 0.05) is 29.1 Å². The van der Waals surface area contributed by atoms with Crippen molar-refractivity contribution in [3.63, 3.8) is 0 Å². The second-order valence-electron chi connectivity index (χ2n) is 6.10. The number of hydrogen-bond acceptors (Lipinski definition) is 5. The van der Waals surface area contributed by atoms with Crippen molar-refractivity contribution in [1.29, 1.82) is 0 Å².